The van der Waals surface area contributed by atoms with Gasteiger partial charge >= 0.3 is 0 Å². The van der Waals surface area contributed by atoms with Crippen LogP contribution in [0.2, 0.25) is 5.02 Å². The topological polar surface area (TPSA) is 42.2 Å². The first-order valence-electron chi connectivity index (χ1n) is 6.20. The maximum absolute atomic E-state index is 5.91. The van der Waals surface area contributed by atoms with Gasteiger partial charge in [0.05, 0.1) is 17.4 Å². The number of nitrogen functional groups attached to an aromatic ring is 1. The molecule has 2 N–H and O–H groups in total. The van der Waals surface area contributed by atoms with Gasteiger partial charge in [0.25, 0.3) is 0 Å². The van der Waals surface area contributed by atoms with Crippen LogP contribution in [0.3, 0.4) is 0 Å². The zero-order valence-corrected chi connectivity index (χ0v) is 12.1. The molecule has 0 aliphatic carbocycles. The van der Waals surface area contributed by atoms with Crippen molar-refractivity contribution < 1.29 is 0 Å². The third-order valence-corrected chi connectivity index (χ3v) is 3.66. The molecule has 1 unspecified atom stereocenters. The van der Waals surface area contributed by atoms with Gasteiger partial charge in [0.2, 0.25) is 0 Å². The second-order valence-electron chi connectivity index (χ2n) is 4.68. The lowest BCUT2D eigenvalue weighted by Gasteiger charge is -2.26. The number of nitrogens with zero attached hydrogens (tertiary/aromatic N) is 2. The van der Waals surface area contributed by atoms with Crippen LogP contribution in [0.4, 0.5) is 11.5 Å². The van der Waals surface area contributed by atoms with E-state index in [2.05, 4.69) is 16.8 Å². The molecule has 3 nitrogen and oxygen atoms in total. The Kier molecular flexibility index (Phi) is 3.96. The molecule has 0 fully saturated rings. The first-order valence-corrected chi connectivity index (χ1v) is 6.58. The summed E-state index contributed by atoms with van der Waals surface area (Å²) in [6, 6.07) is 11.9. The van der Waals surface area contributed by atoms with Crippen molar-refractivity contribution in [3.8, 4) is 0 Å². The normalized spacial score (nSPS) is 12.2. The second-order valence-corrected chi connectivity index (χ2v) is 5.12. The maximum Gasteiger partial charge on any atom is 0.129 e. The van der Waals surface area contributed by atoms with Crippen LogP contribution in [0.1, 0.15) is 24.2 Å². The van der Waals surface area contributed by atoms with Crippen LogP contribution in [0.15, 0.2) is 36.4 Å². The van der Waals surface area contributed by atoms with Gasteiger partial charge in [-0.2, -0.15) is 0 Å². The highest BCUT2D eigenvalue weighted by Gasteiger charge is 2.13. The number of halogens is 1. The minimum atomic E-state index is 0.216. The van der Waals surface area contributed by atoms with E-state index in [1.54, 1.807) is 0 Å². The fourth-order valence-corrected chi connectivity index (χ4v) is 2.04. The Labute approximate surface area is 119 Å². The Morgan fingerprint density at radius 2 is 1.79 bits per heavy atom. The van der Waals surface area contributed by atoms with Crippen LogP contribution in [-0.4, -0.2) is 12.0 Å². The van der Waals surface area contributed by atoms with E-state index < -0.39 is 0 Å². The fourth-order valence-electron chi connectivity index (χ4n) is 1.92. The highest BCUT2D eigenvalue weighted by Crippen LogP contribution is 2.25. The van der Waals surface area contributed by atoms with E-state index in [-0.39, 0.29) is 6.04 Å². The van der Waals surface area contributed by atoms with Gasteiger partial charge in [-0.05, 0) is 43.7 Å². The molecule has 0 saturated heterocycles. The lowest BCUT2D eigenvalue weighted by molar-refractivity contribution is 0.727. The molecular formula is C15H18ClN3. The van der Waals surface area contributed by atoms with Gasteiger partial charge in [0.15, 0.2) is 0 Å². The van der Waals surface area contributed by atoms with Crippen molar-refractivity contribution in [3.05, 3.63) is 52.7 Å². The quantitative estimate of drug-likeness (QED) is 0.926. The SMILES string of the molecule is Cc1nc(N(C)C(C)c2ccc(Cl)cc2)ccc1N. The van der Waals surface area contributed by atoms with Crippen LogP contribution in [-0.2, 0) is 0 Å². The van der Waals surface area contributed by atoms with Crippen molar-refractivity contribution in [3.63, 3.8) is 0 Å². The summed E-state index contributed by atoms with van der Waals surface area (Å²) < 4.78 is 0. The zero-order chi connectivity index (χ0) is 14.0. The first kappa shape index (κ1) is 13.7. The third kappa shape index (κ3) is 2.99. The molecule has 2 rings (SSSR count). The lowest BCUT2D eigenvalue weighted by atomic mass is 10.1. The number of anilines is 2. The molecule has 1 heterocycles. The van der Waals surface area contributed by atoms with Gasteiger partial charge in [-0.1, -0.05) is 23.7 Å². The summed E-state index contributed by atoms with van der Waals surface area (Å²) in [5.74, 6) is 0.911. The highest BCUT2D eigenvalue weighted by atomic mass is 35.5. The Morgan fingerprint density at radius 3 is 2.37 bits per heavy atom. The van der Waals surface area contributed by atoms with Crippen molar-refractivity contribution >= 4 is 23.1 Å². The Hall–Kier alpha value is -1.74. The molecule has 1 aromatic heterocycles. The molecule has 100 valence electrons. The number of nitrogens with two attached hydrogens (primary N) is 1. The molecule has 19 heavy (non-hydrogen) atoms. The summed E-state index contributed by atoms with van der Waals surface area (Å²) in [4.78, 5) is 6.63. The van der Waals surface area contributed by atoms with Crippen LogP contribution in [0.25, 0.3) is 0 Å². The number of benzene rings is 1. The lowest BCUT2D eigenvalue weighted by Crippen LogP contribution is -2.22. The summed E-state index contributed by atoms with van der Waals surface area (Å²) in [6.45, 7) is 4.05. The monoisotopic (exact) mass is 275 g/mol. The Morgan fingerprint density at radius 1 is 1.16 bits per heavy atom. The van der Waals surface area contributed by atoms with Crippen molar-refractivity contribution in [1.29, 1.82) is 0 Å². The standard InChI is InChI=1S/C15H18ClN3/c1-10-14(17)8-9-15(18-10)19(3)11(2)12-4-6-13(16)7-5-12/h4-9,11H,17H2,1-3H3. The summed E-state index contributed by atoms with van der Waals surface area (Å²) in [5, 5.41) is 0.750. The maximum atomic E-state index is 5.91. The first-order chi connectivity index (χ1) is 8.99. The van der Waals surface area contributed by atoms with Gasteiger partial charge in [-0.3, -0.25) is 0 Å². The fraction of sp³-hybridized carbons (Fsp3) is 0.267. The molecule has 0 bridgehead atoms. The van der Waals surface area contributed by atoms with E-state index >= 15 is 0 Å². The van der Waals surface area contributed by atoms with Crippen LogP contribution in [0.5, 0.6) is 0 Å². The number of pyridine rings is 1. The molecule has 0 saturated carbocycles. The molecule has 0 radical (unpaired) electrons. The van der Waals surface area contributed by atoms with E-state index in [4.69, 9.17) is 17.3 Å². The average molecular weight is 276 g/mol. The molecule has 2 aromatic rings. The van der Waals surface area contributed by atoms with Crippen LogP contribution >= 0.6 is 11.6 Å². The molecule has 4 heteroatoms. The number of aromatic nitrogens is 1. The number of hydrogen-bond donors (Lipinski definition) is 1. The largest absolute Gasteiger partial charge is 0.397 e. The molecule has 0 aliphatic rings. The molecular weight excluding hydrogens is 258 g/mol. The molecule has 0 aliphatic heterocycles. The Balaban J connectivity index is 2.25. The van der Waals surface area contributed by atoms with E-state index in [0.717, 1.165) is 22.2 Å². The minimum absolute atomic E-state index is 0.216. The van der Waals surface area contributed by atoms with Crippen molar-refractivity contribution in [2.24, 2.45) is 0 Å². The number of aryl methyl sites for hydroxylation is 1. The predicted molar refractivity (Wildman–Crippen MR) is 81.7 cm³/mol. The Bertz CT molecular complexity index is 566. The summed E-state index contributed by atoms with van der Waals surface area (Å²) in [5.41, 5.74) is 8.57. The van der Waals surface area contributed by atoms with E-state index in [1.807, 2.05) is 50.4 Å². The molecule has 1 aromatic carbocycles. The third-order valence-electron chi connectivity index (χ3n) is 3.41. The van der Waals surface area contributed by atoms with Crippen molar-refractivity contribution in [2.75, 3.05) is 17.7 Å². The van der Waals surface area contributed by atoms with E-state index in [0.29, 0.717) is 0 Å². The minimum Gasteiger partial charge on any atom is -0.397 e. The van der Waals surface area contributed by atoms with Crippen LogP contribution < -0.4 is 10.6 Å². The molecule has 0 spiro atoms. The summed E-state index contributed by atoms with van der Waals surface area (Å²) >= 11 is 5.91. The summed E-state index contributed by atoms with van der Waals surface area (Å²) in [7, 11) is 2.03. The molecule has 0 amide bonds. The van der Waals surface area contributed by atoms with E-state index in [1.165, 1.54) is 5.56 Å². The highest BCUT2D eigenvalue weighted by molar-refractivity contribution is 6.30. The van der Waals surface area contributed by atoms with Gasteiger partial charge < -0.3 is 10.6 Å². The van der Waals surface area contributed by atoms with Crippen molar-refractivity contribution in [1.82, 2.24) is 4.98 Å². The summed E-state index contributed by atoms with van der Waals surface area (Å²) in [6.07, 6.45) is 0. The van der Waals surface area contributed by atoms with Crippen LogP contribution in [0, 0.1) is 6.92 Å². The van der Waals surface area contributed by atoms with Gasteiger partial charge in [-0.15, -0.1) is 0 Å². The van der Waals surface area contributed by atoms with Gasteiger partial charge in [-0.25, -0.2) is 4.98 Å². The zero-order valence-electron chi connectivity index (χ0n) is 11.4. The van der Waals surface area contributed by atoms with Gasteiger partial charge in [0, 0.05) is 12.1 Å². The molecule has 1 atom stereocenters. The second kappa shape index (κ2) is 5.49. The van der Waals surface area contributed by atoms with Gasteiger partial charge in [0.1, 0.15) is 5.82 Å². The smallest absolute Gasteiger partial charge is 0.129 e. The van der Waals surface area contributed by atoms with E-state index in [9.17, 15) is 0 Å². The van der Waals surface area contributed by atoms with Crippen molar-refractivity contribution in [2.45, 2.75) is 19.9 Å². The average Bonchev–Trinajstić information content (AvgIpc) is 2.41. The number of hydrogen-bond acceptors (Lipinski definition) is 3. The predicted octanol–water partition coefficient (Wildman–Crippen LogP) is 3.82. The number of rotatable bonds is 3.